The molecule has 0 amide bonds. The maximum atomic E-state index is 14.2. The Labute approximate surface area is 202 Å². The summed E-state index contributed by atoms with van der Waals surface area (Å²) < 4.78 is 19.6. The van der Waals surface area contributed by atoms with Gasteiger partial charge in [0.2, 0.25) is 28.9 Å². The maximum Gasteiger partial charge on any atom is 0.329 e. The van der Waals surface area contributed by atoms with Gasteiger partial charge in [0.15, 0.2) is 11.8 Å². The van der Waals surface area contributed by atoms with Gasteiger partial charge < -0.3 is 26.0 Å². The van der Waals surface area contributed by atoms with Crippen molar-refractivity contribution < 1.29 is 33.9 Å². The fourth-order valence-corrected chi connectivity index (χ4v) is 4.04. The highest BCUT2D eigenvalue weighted by atomic mass is 19.1. The highest BCUT2D eigenvalue weighted by Gasteiger charge is 2.73. The van der Waals surface area contributed by atoms with Crippen LogP contribution in [0.4, 0.5) is 21.8 Å². The van der Waals surface area contributed by atoms with Crippen molar-refractivity contribution in [3.63, 3.8) is 0 Å². The number of nitrogen functional groups attached to an aromatic ring is 1. The summed E-state index contributed by atoms with van der Waals surface area (Å²) in [6, 6.07) is 14.4. The Bertz CT molecular complexity index is 1310. The second kappa shape index (κ2) is 9.37. The first-order chi connectivity index (χ1) is 17.1. The minimum Gasteiger partial charge on any atom is -0.378 e. The molecule has 2 aromatic carbocycles. The van der Waals surface area contributed by atoms with Crippen molar-refractivity contribution in [2.75, 3.05) is 17.7 Å². The fraction of sp³-hybridized carbons (Fsp3) is 0.217. The monoisotopic (exact) mass is 497 g/mol. The van der Waals surface area contributed by atoms with E-state index >= 15 is 0 Å². The summed E-state index contributed by atoms with van der Waals surface area (Å²) in [6.45, 7) is -1.46. The average molecular weight is 497 g/mol. The Morgan fingerprint density at radius 2 is 1.58 bits per heavy atom. The molecular formula is C23H20FN5O7. The molecule has 1 aliphatic heterocycles. The van der Waals surface area contributed by atoms with Crippen LogP contribution >= 0.6 is 0 Å². The number of rotatable bonds is 8. The van der Waals surface area contributed by atoms with E-state index in [0.717, 1.165) is 6.20 Å². The number of anilines is 2. The largest absolute Gasteiger partial charge is 0.378 e. The lowest BCUT2D eigenvalue weighted by Crippen LogP contribution is -2.69. The van der Waals surface area contributed by atoms with Gasteiger partial charge in [-0.05, 0) is 0 Å². The molecule has 0 radical (unpaired) electrons. The van der Waals surface area contributed by atoms with Crippen LogP contribution in [-0.2, 0) is 4.74 Å². The zero-order valence-electron chi connectivity index (χ0n) is 18.4. The Kier molecular flexibility index (Phi) is 6.45. The second-order valence-corrected chi connectivity index (χ2v) is 7.95. The number of alkyl halides is 1. The van der Waals surface area contributed by atoms with Crippen LogP contribution in [0.5, 0.6) is 0 Å². The van der Waals surface area contributed by atoms with Crippen molar-refractivity contribution in [3.8, 4) is 0 Å². The number of aliphatic hydroxyl groups is 2. The molecule has 186 valence electrons. The Morgan fingerprint density at radius 1 is 1.06 bits per heavy atom. The molecule has 2 heterocycles. The molecule has 4 rings (SSSR count). The Hall–Kier alpha value is -4.33. The second-order valence-electron chi connectivity index (χ2n) is 7.95. The summed E-state index contributed by atoms with van der Waals surface area (Å²) in [4.78, 5) is 44.7. The lowest BCUT2D eigenvalue weighted by Gasteiger charge is -2.38. The molecule has 0 aliphatic carbocycles. The Morgan fingerprint density at radius 3 is 2.06 bits per heavy atom. The van der Waals surface area contributed by atoms with Crippen molar-refractivity contribution in [1.82, 2.24) is 9.97 Å². The molecule has 5 N–H and O–H groups in total. The molecule has 4 atom stereocenters. The zero-order valence-corrected chi connectivity index (χ0v) is 18.4. The van der Waals surface area contributed by atoms with Crippen molar-refractivity contribution >= 4 is 29.0 Å². The molecular weight excluding hydrogens is 477 g/mol. The van der Waals surface area contributed by atoms with Crippen molar-refractivity contribution in [1.29, 1.82) is 0 Å². The standard InChI is InChI=1S/C23H20FN5O7/c24-11-16-22(32,17(30)13-7-3-1-4-8-13)23(33,18(31)14-9-5-2-6-10-14)20(36-16)28-21-26-12-15(29(34)35)19(25)27-21/h1-10,12,16,20,32-33H,11H2,(H3,25,26,27,28)/t16-,20?,22+,23+/m1/s1. The highest BCUT2D eigenvalue weighted by molar-refractivity contribution is 6.13. The topological polar surface area (TPSA) is 191 Å². The predicted molar refractivity (Wildman–Crippen MR) is 123 cm³/mol. The molecule has 0 saturated carbocycles. The molecule has 0 bridgehead atoms. The average Bonchev–Trinajstić information content (AvgIpc) is 3.11. The first-order valence-corrected chi connectivity index (χ1v) is 10.5. The van der Waals surface area contributed by atoms with Crippen LogP contribution in [0.1, 0.15) is 20.7 Å². The van der Waals surface area contributed by atoms with Crippen LogP contribution in [-0.4, -0.2) is 66.9 Å². The van der Waals surface area contributed by atoms with E-state index in [9.17, 15) is 34.3 Å². The predicted octanol–water partition coefficient (Wildman–Crippen LogP) is 1.30. The first kappa shape index (κ1) is 24.8. The van der Waals surface area contributed by atoms with E-state index < -0.39 is 64.2 Å². The molecule has 1 saturated heterocycles. The number of ether oxygens (including phenoxy) is 1. The van der Waals surface area contributed by atoms with Gasteiger partial charge in [0, 0.05) is 11.1 Å². The molecule has 3 aromatic rings. The smallest absolute Gasteiger partial charge is 0.329 e. The summed E-state index contributed by atoms with van der Waals surface area (Å²) >= 11 is 0. The van der Waals surface area contributed by atoms with E-state index in [1.165, 1.54) is 48.5 Å². The van der Waals surface area contributed by atoms with Gasteiger partial charge in [0.25, 0.3) is 0 Å². The third kappa shape index (κ3) is 3.84. The number of nitro groups is 1. The number of carbonyl (C=O) groups is 2. The summed E-state index contributed by atoms with van der Waals surface area (Å²) in [7, 11) is 0. The number of halogens is 1. The summed E-state index contributed by atoms with van der Waals surface area (Å²) in [5, 5.41) is 36.9. The van der Waals surface area contributed by atoms with Crippen molar-refractivity contribution in [2.24, 2.45) is 0 Å². The van der Waals surface area contributed by atoms with Crippen LogP contribution in [0.3, 0.4) is 0 Å². The maximum absolute atomic E-state index is 14.2. The number of aromatic nitrogens is 2. The van der Waals surface area contributed by atoms with Crippen molar-refractivity contribution in [2.45, 2.75) is 23.5 Å². The van der Waals surface area contributed by atoms with E-state index in [0.29, 0.717) is 0 Å². The van der Waals surface area contributed by atoms with Crippen LogP contribution in [0.2, 0.25) is 0 Å². The number of nitrogens with two attached hydrogens (primary N) is 1. The molecule has 36 heavy (non-hydrogen) atoms. The number of carbonyl (C=O) groups excluding carboxylic acids is 2. The summed E-state index contributed by atoms with van der Waals surface area (Å²) in [5.74, 6) is -3.31. The van der Waals surface area contributed by atoms with Crippen LogP contribution in [0, 0.1) is 10.1 Å². The van der Waals surface area contributed by atoms with E-state index in [2.05, 4.69) is 15.3 Å². The lowest BCUT2D eigenvalue weighted by molar-refractivity contribution is -0.384. The van der Waals surface area contributed by atoms with E-state index in [4.69, 9.17) is 10.5 Å². The minimum absolute atomic E-state index is 0.113. The molecule has 0 spiro atoms. The number of benzene rings is 2. The number of Topliss-reactive ketones (excluding diaryl/α,β-unsaturated/α-hetero) is 2. The van der Waals surface area contributed by atoms with Gasteiger partial charge in [-0.15, -0.1) is 0 Å². The van der Waals surface area contributed by atoms with Gasteiger partial charge in [-0.2, -0.15) is 4.98 Å². The number of hydrogen-bond donors (Lipinski definition) is 4. The molecule has 1 fully saturated rings. The lowest BCUT2D eigenvalue weighted by atomic mass is 9.71. The van der Waals surface area contributed by atoms with Gasteiger partial charge in [-0.1, -0.05) is 60.7 Å². The van der Waals surface area contributed by atoms with Gasteiger partial charge >= 0.3 is 5.69 Å². The first-order valence-electron chi connectivity index (χ1n) is 10.5. The van der Waals surface area contributed by atoms with E-state index in [-0.39, 0.29) is 11.1 Å². The molecule has 1 aromatic heterocycles. The van der Waals surface area contributed by atoms with Gasteiger partial charge in [0.1, 0.15) is 19.0 Å². The SMILES string of the molecule is Nc1nc(NC2O[C@H](CF)[C@](O)(C(=O)c3ccccc3)[C@]2(O)C(=O)c2ccccc2)ncc1[N+](=O)[O-]. The summed E-state index contributed by atoms with van der Waals surface area (Å²) in [5.41, 5.74) is -1.45. The molecule has 13 heteroatoms. The van der Waals surface area contributed by atoms with Gasteiger partial charge in [0.05, 0.1) is 4.92 Å². The van der Waals surface area contributed by atoms with Crippen LogP contribution in [0.25, 0.3) is 0 Å². The number of hydrogen-bond acceptors (Lipinski definition) is 11. The third-order valence-electron chi connectivity index (χ3n) is 5.89. The highest BCUT2D eigenvalue weighted by Crippen LogP contribution is 2.44. The Balaban J connectivity index is 1.85. The third-order valence-corrected chi connectivity index (χ3v) is 5.89. The minimum atomic E-state index is -3.10. The van der Waals surface area contributed by atoms with Crippen LogP contribution in [0.15, 0.2) is 66.9 Å². The fourth-order valence-electron chi connectivity index (χ4n) is 4.04. The molecule has 12 nitrogen and oxygen atoms in total. The normalized spacial score (nSPS) is 25.3. The zero-order chi connectivity index (χ0) is 26.1. The summed E-state index contributed by atoms with van der Waals surface area (Å²) in [6.07, 6.45) is -3.19. The number of nitrogens with zero attached hydrogens (tertiary/aromatic N) is 3. The number of ketones is 2. The van der Waals surface area contributed by atoms with Crippen LogP contribution < -0.4 is 11.1 Å². The van der Waals surface area contributed by atoms with Gasteiger partial charge in [-0.25, -0.2) is 9.37 Å². The molecule has 1 unspecified atom stereocenters. The van der Waals surface area contributed by atoms with E-state index in [1.54, 1.807) is 12.1 Å². The quantitative estimate of drug-likeness (QED) is 0.199. The van der Waals surface area contributed by atoms with E-state index in [1.807, 2.05) is 0 Å². The number of nitrogens with one attached hydrogen (secondary N) is 1. The van der Waals surface area contributed by atoms with Gasteiger partial charge in [-0.3, -0.25) is 19.7 Å². The molecule has 1 aliphatic rings. The van der Waals surface area contributed by atoms with Crippen molar-refractivity contribution in [3.05, 3.63) is 88.1 Å².